The van der Waals surface area contributed by atoms with Crippen LogP contribution < -0.4 is 10.6 Å². The maximum Gasteiger partial charge on any atom is 0.242 e. The van der Waals surface area contributed by atoms with Gasteiger partial charge in [0.15, 0.2) is 11.7 Å². The van der Waals surface area contributed by atoms with Crippen LogP contribution in [0.5, 0.6) is 0 Å². The number of hydrogen-bond donors (Lipinski definition) is 2. The van der Waals surface area contributed by atoms with E-state index in [4.69, 9.17) is 0 Å². The van der Waals surface area contributed by atoms with E-state index in [2.05, 4.69) is 42.5 Å². The monoisotopic (exact) mass is 386 g/mol. The van der Waals surface area contributed by atoms with Gasteiger partial charge in [0.1, 0.15) is 11.4 Å². The minimum Gasteiger partial charge on any atom is -0.378 e. The first-order valence-corrected chi connectivity index (χ1v) is 7.27. The van der Waals surface area contributed by atoms with Gasteiger partial charge in [-0.15, -0.1) is 0 Å². The van der Waals surface area contributed by atoms with Gasteiger partial charge in [0, 0.05) is 23.7 Å². The van der Waals surface area contributed by atoms with Gasteiger partial charge in [-0.05, 0) is 0 Å². The van der Waals surface area contributed by atoms with E-state index in [1.807, 2.05) is 0 Å². The fraction of sp³-hybridized carbons (Fsp3) is 0.400. The normalized spacial score (nSPS) is 16.4. The molecule has 0 saturated carbocycles. The molecule has 1 aliphatic carbocycles. The molecule has 0 bridgehead atoms. The number of hydrogen-bond acceptors (Lipinski definition) is 4. The zero-order chi connectivity index (χ0) is 13.7. The molecule has 100 valence electrons. The molecule has 0 unspecified atom stereocenters. The Balaban J connectivity index is 2.99. The van der Waals surface area contributed by atoms with Gasteiger partial charge in [0.25, 0.3) is 0 Å². The first-order chi connectivity index (χ1) is 8.54. The zero-order valence-corrected chi connectivity index (χ0v) is 12.3. The van der Waals surface area contributed by atoms with Crippen LogP contribution in [0.2, 0.25) is 0 Å². The van der Waals surface area contributed by atoms with Crippen molar-refractivity contribution in [2.45, 2.75) is 0 Å². The Morgan fingerprint density at radius 1 is 0.833 bits per heavy atom. The van der Waals surface area contributed by atoms with E-state index in [1.54, 1.807) is 0 Å². The fourth-order valence-corrected chi connectivity index (χ4v) is 1.70. The molecule has 0 fully saturated rings. The fourth-order valence-electron chi connectivity index (χ4n) is 1.31. The molecule has 18 heavy (non-hydrogen) atoms. The quantitative estimate of drug-likeness (QED) is 0.535. The van der Waals surface area contributed by atoms with Gasteiger partial charge in [-0.2, -0.15) is 0 Å². The summed E-state index contributed by atoms with van der Waals surface area (Å²) in [5.74, 6) is -4.82. The van der Waals surface area contributed by atoms with E-state index in [-0.39, 0.29) is 13.1 Å². The Morgan fingerprint density at radius 2 is 1.17 bits per heavy atom. The van der Waals surface area contributed by atoms with E-state index in [0.717, 1.165) is 0 Å². The zero-order valence-electron chi connectivity index (χ0n) is 9.16. The number of ketones is 2. The van der Waals surface area contributed by atoms with Crippen molar-refractivity contribution in [1.82, 2.24) is 10.6 Å². The number of nitrogens with one attached hydrogen (secondary N) is 2. The number of carbonyl (C=O) groups is 2. The summed E-state index contributed by atoms with van der Waals surface area (Å²) < 4.78 is 27.3. The molecule has 0 saturated heterocycles. The molecule has 0 heterocycles. The topological polar surface area (TPSA) is 58.2 Å². The van der Waals surface area contributed by atoms with Crippen molar-refractivity contribution in [3.63, 3.8) is 0 Å². The molecule has 4 nitrogen and oxygen atoms in total. The Hall–Kier alpha value is -0.760. The third-order valence-electron chi connectivity index (χ3n) is 2.08. The van der Waals surface area contributed by atoms with Crippen LogP contribution in [0.15, 0.2) is 23.0 Å². The van der Waals surface area contributed by atoms with Crippen molar-refractivity contribution in [1.29, 1.82) is 0 Å². The van der Waals surface area contributed by atoms with Crippen molar-refractivity contribution in [2.75, 3.05) is 23.7 Å². The molecule has 8 heteroatoms. The van der Waals surface area contributed by atoms with Gasteiger partial charge in [0.05, 0.1) is 0 Å². The van der Waals surface area contributed by atoms with Gasteiger partial charge in [-0.3, -0.25) is 9.59 Å². The van der Waals surface area contributed by atoms with Crippen LogP contribution in [0.1, 0.15) is 0 Å². The van der Waals surface area contributed by atoms with Crippen LogP contribution in [0, 0.1) is 0 Å². The van der Waals surface area contributed by atoms with Crippen LogP contribution in [0.25, 0.3) is 0 Å². The van der Waals surface area contributed by atoms with Gasteiger partial charge in [-0.25, -0.2) is 8.78 Å². The summed E-state index contributed by atoms with van der Waals surface area (Å²) in [5.41, 5.74) is -1.25. The average molecular weight is 388 g/mol. The lowest BCUT2D eigenvalue weighted by molar-refractivity contribution is -0.119. The highest BCUT2D eigenvalue weighted by Gasteiger charge is 2.35. The molecule has 1 rings (SSSR count). The number of halogens is 4. The maximum atomic E-state index is 13.6. The predicted octanol–water partition coefficient (Wildman–Crippen LogP) is 1.47. The molecular formula is C10H10Br2F2N2O2. The molecular weight excluding hydrogens is 378 g/mol. The van der Waals surface area contributed by atoms with E-state index >= 15 is 0 Å². The standard InChI is InChI=1S/C10H10Br2F2N2O2/c11-1-3-15-7-5(13)10(18)8(16-4-2-12)6(14)9(7)17/h15-16H,1-4H2. The van der Waals surface area contributed by atoms with E-state index in [1.165, 1.54) is 0 Å². The highest BCUT2D eigenvalue weighted by Crippen LogP contribution is 2.23. The smallest absolute Gasteiger partial charge is 0.242 e. The first-order valence-electron chi connectivity index (χ1n) is 5.03. The van der Waals surface area contributed by atoms with Gasteiger partial charge < -0.3 is 10.6 Å². The number of allylic oxidation sites excluding steroid dienone is 2. The lowest BCUT2D eigenvalue weighted by Crippen LogP contribution is -2.35. The molecule has 0 aromatic rings. The van der Waals surface area contributed by atoms with E-state index < -0.39 is 34.6 Å². The SMILES string of the molecule is O=C1C(F)=C(NCCBr)C(=O)C(F)=C1NCCBr. The number of alkyl halides is 2. The predicted molar refractivity (Wildman–Crippen MR) is 69.9 cm³/mol. The summed E-state index contributed by atoms with van der Waals surface area (Å²) in [6.07, 6.45) is 0. The molecule has 0 amide bonds. The van der Waals surface area contributed by atoms with Crippen molar-refractivity contribution in [3.8, 4) is 0 Å². The Labute approximate surface area is 119 Å². The molecule has 2 N–H and O–H groups in total. The van der Waals surface area contributed by atoms with Crippen molar-refractivity contribution >= 4 is 43.4 Å². The molecule has 0 aromatic carbocycles. The van der Waals surface area contributed by atoms with E-state index in [0.29, 0.717) is 10.7 Å². The maximum absolute atomic E-state index is 13.6. The number of carbonyl (C=O) groups excluding carboxylic acids is 2. The average Bonchev–Trinajstić information content (AvgIpc) is 2.37. The summed E-state index contributed by atoms with van der Waals surface area (Å²) in [4.78, 5) is 23.1. The lowest BCUT2D eigenvalue weighted by Gasteiger charge is -2.17. The largest absolute Gasteiger partial charge is 0.378 e. The second-order valence-corrected chi connectivity index (χ2v) is 4.85. The molecule has 0 radical (unpaired) electrons. The minimum absolute atomic E-state index is 0.208. The summed E-state index contributed by atoms with van der Waals surface area (Å²) in [6, 6.07) is 0. The second-order valence-electron chi connectivity index (χ2n) is 3.27. The molecule has 0 spiro atoms. The summed E-state index contributed by atoms with van der Waals surface area (Å²) in [6.45, 7) is 0.415. The second kappa shape index (κ2) is 6.98. The van der Waals surface area contributed by atoms with Crippen LogP contribution in [0.3, 0.4) is 0 Å². The van der Waals surface area contributed by atoms with Crippen molar-refractivity contribution in [2.24, 2.45) is 0 Å². The Bertz CT molecular complexity index is 396. The minimum atomic E-state index is -1.26. The lowest BCUT2D eigenvalue weighted by atomic mass is 10.0. The van der Waals surface area contributed by atoms with Gasteiger partial charge >= 0.3 is 0 Å². The molecule has 0 aromatic heterocycles. The summed E-state index contributed by atoms with van der Waals surface area (Å²) >= 11 is 6.13. The molecule has 0 atom stereocenters. The van der Waals surface area contributed by atoms with E-state index in [9.17, 15) is 18.4 Å². The third kappa shape index (κ3) is 3.17. The third-order valence-corrected chi connectivity index (χ3v) is 2.88. The molecule has 0 aliphatic heterocycles. The first kappa shape index (κ1) is 15.3. The van der Waals surface area contributed by atoms with Crippen LogP contribution in [0.4, 0.5) is 8.78 Å². The number of rotatable bonds is 6. The summed E-state index contributed by atoms with van der Waals surface area (Å²) in [5, 5.41) is 5.64. The van der Waals surface area contributed by atoms with Crippen LogP contribution in [-0.4, -0.2) is 35.3 Å². The Morgan fingerprint density at radius 3 is 1.44 bits per heavy atom. The Kier molecular flexibility index (Phi) is 5.94. The van der Waals surface area contributed by atoms with Gasteiger partial charge in [0.2, 0.25) is 11.6 Å². The highest BCUT2D eigenvalue weighted by molar-refractivity contribution is 9.09. The van der Waals surface area contributed by atoms with Crippen LogP contribution >= 0.6 is 31.9 Å². The number of Topliss-reactive ketones (excluding diaryl/α,β-unsaturated/α-hetero) is 2. The molecule has 1 aliphatic rings. The van der Waals surface area contributed by atoms with Crippen molar-refractivity contribution < 1.29 is 18.4 Å². The highest BCUT2D eigenvalue weighted by atomic mass is 79.9. The van der Waals surface area contributed by atoms with Gasteiger partial charge in [-0.1, -0.05) is 31.9 Å². The summed E-state index contributed by atoms with van der Waals surface area (Å²) in [7, 11) is 0. The van der Waals surface area contributed by atoms with Crippen LogP contribution in [-0.2, 0) is 9.59 Å². The van der Waals surface area contributed by atoms with Crippen molar-refractivity contribution in [3.05, 3.63) is 23.0 Å².